The first-order valence-corrected chi connectivity index (χ1v) is 7.93. The molecule has 1 N–H and O–H groups in total. The second-order valence-corrected chi connectivity index (χ2v) is 4.99. The highest BCUT2D eigenvalue weighted by Gasteiger charge is 2.10. The summed E-state index contributed by atoms with van der Waals surface area (Å²) in [6, 6.07) is 10.9. The number of nitrogens with zero attached hydrogens (tertiary/aromatic N) is 2. The van der Waals surface area contributed by atoms with Gasteiger partial charge in [0.2, 0.25) is 0 Å². The molecular formula is C18H23N3O2. The molecule has 1 aromatic carbocycles. The van der Waals surface area contributed by atoms with Gasteiger partial charge in [-0.15, -0.1) is 0 Å². The molecular weight excluding hydrogens is 290 g/mol. The Labute approximate surface area is 137 Å². The van der Waals surface area contributed by atoms with E-state index in [2.05, 4.69) is 29.0 Å². The van der Waals surface area contributed by atoms with Crippen LogP contribution in [0.2, 0.25) is 0 Å². The van der Waals surface area contributed by atoms with Crippen LogP contribution >= 0.6 is 0 Å². The van der Waals surface area contributed by atoms with Gasteiger partial charge in [-0.05, 0) is 57.2 Å². The van der Waals surface area contributed by atoms with Crippen molar-refractivity contribution in [1.29, 1.82) is 0 Å². The number of hydrogen-bond acceptors (Lipinski definition) is 4. The Balaban J connectivity index is 2.09. The van der Waals surface area contributed by atoms with Crippen molar-refractivity contribution in [2.24, 2.45) is 0 Å². The van der Waals surface area contributed by atoms with Crippen LogP contribution in [-0.4, -0.2) is 30.6 Å². The van der Waals surface area contributed by atoms with Crippen LogP contribution in [-0.2, 0) is 0 Å². The van der Waals surface area contributed by atoms with Gasteiger partial charge in [0, 0.05) is 30.5 Å². The van der Waals surface area contributed by atoms with E-state index >= 15 is 0 Å². The lowest BCUT2D eigenvalue weighted by Gasteiger charge is -2.20. The lowest BCUT2D eigenvalue weighted by atomic mass is 10.2. The third-order valence-electron chi connectivity index (χ3n) is 3.52. The van der Waals surface area contributed by atoms with E-state index in [4.69, 9.17) is 4.74 Å². The van der Waals surface area contributed by atoms with Gasteiger partial charge in [-0.25, -0.2) is 4.98 Å². The molecule has 1 amide bonds. The second-order valence-electron chi connectivity index (χ2n) is 4.99. The van der Waals surface area contributed by atoms with Crippen LogP contribution in [0.3, 0.4) is 0 Å². The Morgan fingerprint density at radius 2 is 1.83 bits per heavy atom. The van der Waals surface area contributed by atoms with Gasteiger partial charge >= 0.3 is 0 Å². The maximum Gasteiger partial charge on any atom is 0.255 e. The lowest BCUT2D eigenvalue weighted by Crippen LogP contribution is -2.23. The molecule has 122 valence electrons. The predicted molar refractivity (Wildman–Crippen MR) is 93.4 cm³/mol. The van der Waals surface area contributed by atoms with Crippen LogP contribution in [0.4, 0.5) is 11.5 Å². The van der Waals surface area contributed by atoms with Crippen molar-refractivity contribution < 1.29 is 9.53 Å². The van der Waals surface area contributed by atoms with E-state index in [9.17, 15) is 4.79 Å². The highest BCUT2D eigenvalue weighted by atomic mass is 16.5. The highest BCUT2D eigenvalue weighted by molar-refractivity contribution is 6.04. The molecule has 0 unspecified atom stereocenters. The third kappa shape index (κ3) is 4.45. The molecule has 0 bridgehead atoms. The van der Waals surface area contributed by atoms with Crippen LogP contribution in [0, 0.1) is 0 Å². The fourth-order valence-corrected chi connectivity index (χ4v) is 2.28. The largest absolute Gasteiger partial charge is 0.494 e. The van der Waals surface area contributed by atoms with E-state index < -0.39 is 0 Å². The number of aromatic nitrogens is 1. The van der Waals surface area contributed by atoms with Gasteiger partial charge < -0.3 is 15.0 Å². The predicted octanol–water partition coefficient (Wildman–Crippen LogP) is 3.58. The third-order valence-corrected chi connectivity index (χ3v) is 3.52. The number of rotatable bonds is 7. The number of carbonyl (C=O) groups is 1. The zero-order chi connectivity index (χ0) is 16.7. The van der Waals surface area contributed by atoms with Gasteiger partial charge in [0.25, 0.3) is 5.91 Å². The molecule has 1 aromatic heterocycles. The minimum absolute atomic E-state index is 0.148. The number of benzene rings is 1. The van der Waals surface area contributed by atoms with Crippen LogP contribution in [0.25, 0.3) is 0 Å². The molecule has 0 saturated carbocycles. The van der Waals surface area contributed by atoms with E-state index in [1.54, 1.807) is 12.3 Å². The molecule has 0 aliphatic heterocycles. The van der Waals surface area contributed by atoms with Crippen molar-refractivity contribution in [1.82, 2.24) is 4.98 Å². The fraction of sp³-hybridized carbons (Fsp3) is 0.333. The normalized spacial score (nSPS) is 10.2. The Morgan fingerprint density at radius 3 is 2.43 bits per heavy atom. The summed E-state index contributed by atoms with van der Waals surface area (Å²) in [5.74, 6) is 1.46. The first-order valence-electron chi connectivity index (χ1n) is 7.93. The molecule has 0 fully saturated rings. The van der Waals surface area contributed by atoms with Crippen molar-refractivity contribution in [2.75, 3.05) is 29.9 Å². The van der Waals surface area contributed by atoms with E-state index in [1.165, 1.54) is 0 Å². The van der Waals surface area contributed by atoms with Crippen LogP contribution in [0.15, 0.2) is 42.6 Å². The maximum absolute atomic E-state index is 12.4. The molecule has 2 aromatic rings. The number of anilines is 2. The molecule has 2 rings (SSSR count). The van der Waals surface area contributed by atoms with E-state index in [-0.39, 0.29) is 5.91 Å². The van der Waals surface area contributed by atoms with Crippen molar-refractivity contribution in [3.63, 3.8) is 0 Å². The first kappa shape index (κ1) is 16.8. The number of carbonyl (C=O) groups excluding carboxylic acids is 1. The number of hydrogen-bond donors (Lipinski definition) is 1. The molecule has 5 nitrogen and oxygen atoms in total. The topological polar surface area (TPSA) is 54.5 Å². The standard InChI is InChI=1S/C18H23N3O2/c1-4-21(5-2)17-13-14(11-12-19-17)18(22)20-15-7-9-16(10-8-15)23-6-3/h7-13H,4-6H2,1-3H3,(H,20,22). The first-order chi connectivity index (χ1) is 11.2. The molecule has 0 aliphatic carbocycles. The fourth-order valence-electron chi connectivity index (χ4n) is 2.28. The van der Waals surface area contributed by atoms with Gasteiger partial charge in [0.05, 0.1) is 6.61 Å². The average Bonchev–Trinajstić information content (AvgIpc) is 2.58. The van der Waals surface area contributed by atoms with Crippen LogP contribution in [0.1, 0.15) is 31.1 Å². The van der Waals surface area contributed by atoms with Gasteiger partial charge in [0.1, 0.15) is 11.6 Å². The summed E-state index contributed by atoms with van der Waals surface area (Å²) in [7, 11) is 0. The maximum atomic E-state index is 12.4. The quantitative estimate of drug-likeness (QED) is 0.849. The number of pyridine rings is 1. The summed E-state index contributed by atoms with van der Waals surface area (Å²) in [4.78, 5) is 18.8. The van der Waals surface area contributed by atoms with E-state index in [1.807, 2.05) is 37.3 Å². The van der Waals surface area contributed by atoms with Gasteiger partial charge in [0.15, 0.2) is 0 Å². The zero-order valence-electron chi connectivity index (χ0n) is 13.9. The van der Waals surface area contributed by atoms with Gasteiger partial charge in [-0.2, -0.15) is 0 Å². The minimum atomic E-state index is -0.148. The number of amides is 1. The van der Waals surface area contributed by atoms with Crippen molar-refractivity contribution in [2.45, 2.75) is 20.8 Å². The molecule has 1 heterocycles. The Morgan fingerprint density at radius 1 is 1.13 bits per heavy atom. The molecule has 0 atom stereocenters. The zero-order valence-corrected chi connectivity index (χ0v) is 13.9. The molecule has 23 heavy (non-hydrogen) atoms. The Hall–Kier alpha value is -2.56. The van der Waals surface area contributed by atoms with Crippen molar-refractivity contribution in [3.8, 4) is 5.75 Å². The van der Waals surface area contributed by atoms with Gasteiger partial charge in [-0.3, -0.25) is 4.79 Å². The van der Waals surface area contributed by atoms with Crippen molar-refractivity contribution >= 4 is 17.4 Å². The number of nitrogens with one attached hydrogen (secondary N) is 1. The van der Waals surface area contributed by atoms with E-state index in [0.29, 0.717) is 12.2 Å². The summed E-state index contributed by atoms with van der Waals surface area (Å²) in [6.45, 7) is 8.40. The van der Waals surface area contributed by atoms with Gasteiger partial charge in [-0.1, -0.05) is 0 Å². The monoisotopic (exact) mass is 313 g/mol. The average molecular weight is 313 g/mol. The molecule has 0 aliphatic rings. The molecule has 0 radical (unpaired) electrons. The second kappa shape index (κ2) is 8.17. The highest BCUT2D eigenvalue weighted by Crippen LogP contribution is 2.17. The SMILES string of the molecule is CCOc1ccc(NC(=O)c2ccnc(N(CC)CC)c2)cc1. The van der Waals surface area contributed by atoms with Crippen LogP contribution < -0.4 is 15.0 Å². The Bertz CT molecular complexity index is 637. The summed E-state index contributed by atoms with van der Waals surface area (Å²) in [5, 5.41) is 2.89. The molecule has 5 heteroatoms. The number of ether oxygens (including phenoxy) is 1. The molecule has 0 spiro atoms. The van der Waals surface area contributed by atoms with Crippen molar-refractivity contribution in [3.05, 3.63) is 48.2 Å². The summed E-state index contributed by atoms with van der Waals surface area (Å²) < 4.78 is 5.39. The summed E-state index contributed by atoms with van der Waals surface area (Å²) >= 11 is 0. The smallest absolute Gasteiger partial charge is 0.255 e. The Kier molecular flexibility index (Phi) is 5.97. The van der Waals surface area contributed by atoms with Crippen LogP contribution in [0.5, 0.6) is 5.75 Å². The minimum Gasteiger partial charge on any atom is -0.494 e. The van der Waals surface area contributed by atoms with E-state index in [0.717, 1.165) is 30.3 Å². The lowest BCUT2D eigenvalue weighted by molar-refractivity contribution is 0.102. The summed E-state index contributed by atoms with van der Waals surface area (Å²) in [5.41, 5.74) is 1.33. The molecule has 0 saturated heterocycles. The summed E-state index contributed by atoms with van der Waals surface area (Å²) in [6.07, 6.45) is 1.67.